The van der Waals surface area contributed by atoms with E-state index in [9.17, 15) is 22.8 Å². The van der Waals surface area contributed by atoms with Crippen molar-refractivity contribution in [1.82, 2.24) is 0 Å². The Kier molecular flexibility index (Phi) is 8.17. The molecule has 1 unspecified atom stereocenters. The maximum Gasteiger partial charge on any atom is 0.490 e. The van der Waals surface area contributed by atoms with Crippen molar-refractivity contribution >= 4 is 17.7 Å². The molecule has 0 aliphatic carbocycles. The summed E-state index contributed by atoms with van der Waals surface area (Å²) in [5, 5.41) is 7.12. The summed E-state index contributed by atoms with van der Waals surface area (Å²) in [6.07, 6.45) is -4.92. The minimum atomic E-state index is -5.08. The highest BCUT2D eigenvalue weighted by Crippen LogP contribution is 2.13. The van der Waals surface area contributed by atoms with Crippen LogP contribution in [-0.2, 0) is 14.4 Å². The number of carbonyl (C=O) groups is 3. The average Bonchev–Trinajstić information content (AvgIpc) is 2.34. The summed E-state index contributed by atoms with van der Waals surface area (Å²) in [5.41, 5.74) is 14.7. The largest absolute Gasteiger partial charge is 0.490 e. The topological polar surface area (TPSA) is 150 Å². The molecule has 10 heteroatoms. The van der Waals surface area contributed by atoms with Gasteiger partial charge in [-0.25, -0.2) is 4.79 Å². The van der Waals surface area contributed by atoms with Gasteiger partial charge in [-0.2, -0.15) is 13.2 Å². The zero-order valence-corrected chi connectivity index (χ0v) is 11.9. The van der Waals surface area contributed by atoms with Crippen LogP contribution < -0.4 is 17.2 Å². The molecule has 21 heavy (non-hydrogen) atoms. The number of amides is 1. The molecule has 0 rings (SSSR count). The number of carboxylic acids is 1. The molecule has 7 nitrogen and oxygen atoms in total. The Hall–Kier alpha value is -1.68. The molecular formula is C11H20F3N3O4. The summed E-state index contributed by atoms with van der Waals surface area (Å²) in [7, 11) is 0. The van der Waals surface area contributed by atoms with Gasteiger partial charge in [-0.15, -0.1) is 0 Å². The Morgan fingerprint density at radius 1 is 1.19 bits per heavy atom. The predicted octanol–water partition coefficient (Wildman–Crippen LogP) is -0.235. The number of nitrogens with two attached hydrogens (primary N) is 3. The second-order valence-electron chi connectivity index (χ2n) is 4.63. The molecule has 0 aliphatic heterocycles. The van der Waals surface area contributed by atoms with Gasteiger partial charge in [-0.1, -0.05) is 20.8 Å². The van der Waals surface area contributed by atoms with Gasteiger partial charge in [-0.3, -0.25) is 9.59 Å². The van der Waals surface area contributed by atoms with Crippen LogP contribution in [0.3, 0.4) is 0 Å². The summed E-state index contributed by atoms with van der Waals surface area (Å²) in [6, 6.07) is -0.743. The van der Waals surface area contributed by atoms with Crippen molar-refractivity contribution in [3.63, 3.8) is 0 Å². The van der Waals surface area contributed by atoms with Gasteiger partial charge < -0.3 is 22.3 Å². The normalized spacial score (nSPS) is 15.5. The zero-order valence-electron chi connectivity index (χ0n) is 11.9. The highest BCUT2D eigenvalue weighted by molar-refractivity contribution is 6.11. The number of carboxylic acid groups (broad SMARTS) is 1. The van der Waals surface area contributed by atoms with Gasteiger partial charge in [0.15, 0.2) is 11.3 Å². The lowest BCUT2D eigenvalue weighted by atomic mass is 9.83. The van der Waals surface area contributed by atoms with Crippen molar-refractivity contribution in [2.45, 2.75) is 44.9 Å². The standard InChI is InChI=1S/C9H19N3O2.C2HF3O2/c1-4-9(12,8(11)14)7(13)6(10)5(2)3;3-2(4,5)1(6)7/h5-6H,4,10,12H2,1-3H3,(H2,11,14);(H,6,7)/t6-,9?;/m0./s1. The Morgan fingerprint density at radius 3 is 1.67 bits per heavy atom. The molecule has 0 aromatic heterocycles. The van der Waals surface area contributed by atoms with Crippen LogP contribution in [0.15, 0.2) is 0 Å². The maximum atomic E-state index is 11.7. The van der Waals surface area contributed by atoms with Crippen LogP contribution in [0.4, 0.5) is 13.2 Å². The van der Waals surface area contributed by atoms with E-state index in [0.717, 1.165) is 0 Å². The molecule has 0 saturated heterocycles. The fourth-order valence-electron chi connectivity index (χ4n) is 1.07. The molecule has 0 aromatic carbocycles. The van der Waals surface area contributed by atoms with Crippen molar-refractivity contribution in [3.05, 3.63) is 0 Å². The van der Waals surface area contributed by atoms with Gasteiger partial charge in [0.1, 0.15) is 0 Å². The fourth-order valence-corrected chi connectivity index (χ4v) is 1.07. The van der Waals surface area contributed by atoms with E-state index >= 15 is 0 Å². The van der Waals surface area contributed by atoms with Crippen LogP contribution >= 0.6 is 0 Å². The van der Waals surface area contributed by atoms with E-state index < -0.39 is 35.4 Å². The van der Waals surface area contributed by atoms with E-state index in [0.29, 0.717) is 0 Å². The number of hydrogen-bond acceptors (Lipinski definition) is 5. The van der Waals surface area contributed by atoms with E-state index in [2.05, 4.69) is 0 Å². The number of halogens is 3. The number of ketones is 1. The second-order valence-corrected chi connectivity index (χ2v) is 4.63. The smallest absolute Gasteiger partial charge is 0.475 e. The minimum Gasteiger partial charge on any atom is -0.475 e. The average molecular weight is 315 g/mol. The lowest BCUT2D eigenvalue weighted by Crippen LogP contribution is -2.63. The van der Waals surface area contributed by atoms with Crippen LogP contribution in [0, 0.1) is 5.92 Å². The van der Waals surface area contributed by atoms with Crippen LogP contribution in [0.25, 0.3) is 0 Å². The third-order valence-electron chi connectivity index (χ3n) is 2.70. The Balaban J connectivity index is 0. The Morgan fingerprint density at radius 2 is 1.52 bits per heavy atom. The fraction of sp³-hybridized carbons (Fsp3) is 0.727. The van der Waals surface area contributed by atoms with E-state index in [-0.39, 0.29) is 12.3 Å². The maximum absolute atomic E-state index is 11.7. The highest BCUT2D eigenvalue weighted by atomic mass is 19.4. The van der Waals surface area contributed by atoms with Crippen molar-refractivity contribution in [1.29, 1.82) is 0 Å². The predicted molar refractivity (Wildman–Crippen MR) is 67.9 cm³/mol. The summed E-state index contributed by atoms with van der Waals surface area (Å²) in [6.45, 7) is 5.22. The van der Waals surface area contributed by atoms with Crippen molar-refractivity contribution in [3.8, 4) is 0 Å². The van der Waals surface area contributed by atoms with E-state index in [1.54, 1.807) is 20.8 Å². The SMILES string of the molecule is CCC(N)(C(N)=O)C(=O)[C@@H](N)C(C)C.O=C(O)C(F)(F)F. The van der Waals surface area contributed by atoms with E-state index in [4.69, 9.17) is 27.1 Å². The molecule has 0 heterocycles. The minimum absolute atomic E-state index is 0.0590. The first-order valence-electron chi connectivity index (χ1n) is 5.90. The number of carbonyl (C=O) groups excluding carboxylic acids is 2. The molecule has 0 aromatic rings. The Bertz CT molecular complexity index is 399. The number of hydrogen-bond donors (Lipinski definition) is 4. The first kappa shape index (κ1) is 21.6. The monoisotopic (exact) mass is 315 g/mol. The molecule has 0 spiro atoms. The second kappa shape index (κ2) is 7.93. The van der Waals surface area contributed by atoms with Gasteiger partial charge in [0.05, 0.1) is 6.04 Å². The third-order valence-corrected chi connectivity index (χ3v) is 2.70. The van der Waals surface area contributed by atoms with Crippen molar-refractivity contribution in [2.75, 3.05) is 0 Å². The lowest BCUT2D eigenvalue weighted by Gasteiger charge is -2.27. The molecular weight excluding hydrogens is 295 g/mol. The van der Waals surface area contributed by atoms with Gasteiger partial charge in [0.25, 0.3) is 0 Å². The number of rotatable bonds is 5. The van der Waals surface area contributed by atoms with Crippen molar-refractivity contribution in [2.24, 2.45) is 23.1 Å². The number of Topliss-reactive ketones (excluding diaryl/α,β-unsaturated/α-hetero) is 1. The first-order valence-corrected chi connectivity index (χ1v) is 5.90. The molecule has 0 aliphatic rings. The molecule has 0 radical (unpaired) electrons. The highest BCUT2D eigenvalue weighted by Gasteiger charge is 2.41. The zero-order chi connectivity index (χ0) is 17.6. The van der Waals surface area contributed by atoms with Crippen LogP contribution in [0.2, 0.25) is 0 Å². The molecule has 1 amide bonds. The number of aliphatic carboxylic acids is 1. The molecule has 0 fully saturated rings. The molecule has 0 bridgehead atoms. The quantitative estimate of drug-likeness (QED) is 0.514. The van der Waals surface area contributed by atoms with Gasteiger partial charge >= 0.3 is 12.1 Å². The summed E-state index contributed by atoms with van der Waals surface area (Å²) in [5.74, 6) is -4.12. The molecule has 124 valence electrons. The first-order chi connectivity index (χ1) is 9.21. The van der Waals surface area contributed by atoms with Crippen LogP contribution in [0.1, 0.15) is 27.2 Å². The number of primary amides is 1. The lowest BCUT2D eigenvalue weighted by molar-refractivity contribution is -0.192. The molecule has 7 N–H and O–H groups in total. The summed E-state index contributed by atoms with van der Waals surface area (Å²) in [4.78, 5) is 31.7. The van der Waals surface area contributed by atoms with Crippen molar-refractivity contribution < 1.29 is 32.7 Å². The Labute approximate surface area is 119 Å². The molecule has 0 saturated carbocycles. The van der Waals surface area contributed by atoms with Gasteiger partial charge in [-0.05, 0) is 12.3 Å². The van der Waals surface area contributed by atoms with Crippen LogP contribution in [-0.4, -0.2) is 40.5 Å². The van der Waals surface area contributed by atoms with E-state index in [1.165, 1.54) is 0 Å². The van der Waals surface area contributed by atoms with E-state index in [1.807, 2.05) is 0 Å². The summed E-state index contributed by atoms with van der Waals surface area (Å²) >= 11 is 0. The summed E-state index contributed by atoms with van der Waals surface area (Å²) < 4.78 is 31.7. The third kappa shape index (κ3) is 6.54. The number of alkyl halides is 3. The van der Waals surface area contributed by atoms with Gasteiger partial charge in [0.2, 0.25) is 5.91 Å². The van der Waals surface area contributed by atoms with Gasteiger partial charge in [0, 0.05) is 0 Å². The molecule has 2 atom stereocenters. The van der Waals surface area contributed by atoms with Crippen LogP contribution in [0.5, 0.6) is 0 Å².